The SMILES string of the molecule is CCCS(=O)(=O)c1ccc(C(=O)Nc2ccc(C)c(-c3ccccn3)c2)c(Cl)c1. The second kappa shape index (κ2) is 8.76. The predicted octanol–water partition coefficient (Wildman–Crippen LogP) is 5.15. The van der Waals surface area contributed by atoms with Crippen LogP contribution in [-0.2, 0) is 9.84 Å². The third kappa shape index (κ3) is 4.83. The van der Waals surface area contributed by atoms with E-state index >= 15 is 0 Å². The lowest BCUT2D eigenvalue weighted by Gasteiger charge is -2.11. The highest BCUT2D eigenvalue weighted by atomic mass is 35.5. The van der Waals surface area contributed by atoms with E-state index in [1.165, 1.54) is 18.2 Å². The van der Waals surface area contributed by atoms with Crippen LogP contribution in [0.1, 0.15) is 29.3 Å². The van der Waals surface area contributed by atoms with E-state index in [9.17, 15) is 13.2 Å². The highest BCUT2D eigenvalue weighted by molar-refractivity contribution is 7.91. The molecule has 0 atom stereocenters. The lowest BCUT2D eigenvalue weighted by molar-refractivity contribution is 0.102. The van der Waals surface area contributed by atoms with Gasteiger partial charge in [-0.1, -0.05) is 30.7 Å². The number of amides is 1. The van der Waals surface area contributed by atoms with Crippen LogP contribution in [0.5, 0.6) is 0 Å². The number of sulfone groups is 1. The van der Waals surface area contributed by atoms with Crippen molar-refractivity contribution in [1.29, 1.82) is 0 Å². The van der Waals surface area contributed by atoms with Gasteiger partial charge in [0.1, 0.15) is 0 Å². The average Bonchev–Trinajstić information content (AvgIpc) is 2.70. The van der Waals surface area contributed by atoms with Gasteiger partial charge in [0.25, 0.3) is 5.91 Å². The summed E-state index contributed by atoms with van der Waals surface area (Å²) in [6.07, 6.45) is 2.22. The Hall–Kier alpha value is -2.70. The molecule has 0 radical (unpaired) electrons. The largest absolute Gasteiger partial charge is 0.322 e. The maximum atomic E-state index is 12.7. The number of aryl methyl sites for hydroxylation is 1. The number of rotatable bonds is 6. The fourth-order valence-electron chi connectivity index (χ4n) is 2.96. The van der Waals surface area contributed by atoms with E-state index in [0.29, 0.717) is 12.1 Å². The van der Waals surface area contributed by atoms with Gasteiger partial charge < -0.3 is 5.32 Å². The molecule has 2 aromatic carbocycles. The third-order valence-corrected chi connectivity index (χ3v) is 6.68. The van der Waals surface area contributed by atoms with Crippen LogP contribution in [0.3, 0.4) is 0 Å². The number of benzene rings is 2. The molecule has 0 bridgehead atoms. The number of pyridine rings is 1. The van der Waals surface area contributed by atoms with E-state index in [-0.39, 0.29) is 21.2 Å². The number of carbonyl (C=O) groups is 1. The first-order chi connectivity index (χ1) is 13.8. The van der Waals surface area contributed by atoms with Gasteiger partial charge in [-0.15, -0.1) is 0 Å². The van der Waals surface area contributed by atoms with Crippen LogP contribution in [0.15, 0.2) is 65.7 Å². The van der Waals surface area contributed by atoms with E-state index in [0.717, 1.165) is 16.8 Å². The molecule has 0 spiro atoms. The molecule has 0 fully saturated rings. The molecule has 1 N–H and O–H groups in total. The van der Waals surface area contributed by atoms with E-state index < -0.39 is 15.7 Å². The van der Waals surface area contributed by atoms with Gasteiger partial charge in [-0.25, -0.2) is 8.42 Å². The molecule has 1 amide bonds. The highest BCUT2D eigenvalue weighted by Crippen LogP contribution is 2.27. The summed E-state index contributed by atoms with van der Waals surface area (Å²) < 4.78 is 24.4. The van der Waals surface area contributed by atoms with Gasteiger partial charge >= 0.3 is 0 Å². The monoisotopic (exact) mass is 428 g/mol. The molecule has 1 aromatic heterocycles. The number of hydrogen-bond acceptors (Lipinski definition) is 4. The van der Waals surface area contributed by atoms with Crippen molar-refractivity contribution in [3.05, 3.63) is 76.9 Å². The Bertz CT molecular complexity index is 1150. The lowest BCUT2D eigenvalue weighted by atomic mass is 10.0. The molecular weight excluding hydrogens is 408 g/mol. The molecular formula is C22H21ClN2O3S. The van der Waals surface area contributed by atoms with Gasteiger partial charge in [0.05, 0.1) is 26.9 Å². The maximum absolute atomic E-state index is 12.7. The summed E-state index contributed by atoms with van der Waals surface area (Å²) in [4.78, 5) is 17.2. The maximum Gasteiger partial charge on any atom is 0.257 e. The fraction of sp³-hybridized carbons (Fsp3) is 0.182. The van der Waals surface area contributed by atoms with Gasteiger partial charge in [0.15, 0.2) is 9.84 Å². The zero-order valence-electron chi connectivity index (χ0n) is 16.1. The minimum Gasteiger partial charge on any atom is -0.322 e. The Morgan fingerprint density at radius 3 is 2.55 bits per heavy atom. The molecule has 0 aliphatic carbocycles. The minimum absolute atomic E-state index is 0.0362. The van der Waals surface area contributed by atoms with Gasteiger partial charge in [-0.3, -0.25) is 9.78 Å². The molecule has 5 nitrogen and oxygen atoms in total. The Kier molecular flexibility index (Phi) is 6.35. The quantitative estimate of drug-likeness (QED) is 0.589. The second-order valence-corrected chi connectivity index (χ2v) is 9.18. The fourth-order valence-corrected chi connectivity index (χ4v) is 4.63. The van der Waals surface area contributed by atoms with Crippen LogP contribution in [0.25, 0.3) is 11.3 Å². The van der Waals surface area contributed by atoms with Crippen molar-refractivity contribution in [2.24, 2.45) is 0 Å². The molecule has 0 unspecified atom stereocenters. The summed E-state index contributed by atoms with van der Waals surface area (Å²) >= 11 is 6.21. The Labute approximate surface area is 175 Å². The molecule has 3 rings (SSSR count). The number of nitrogens with one attached hydrogen (secondary N) is 1. The average molecular weight is 429 g/mol. The van der Waals surface area contributed by atoms with Crippen molar-refractivity contribution >= 4 is 33.0 Å². The third-order valence-electron chi connectivity index (χ3n) is 4.45. The smallest absolute Gasteiger partial charge is 0.257 e. The summed E-state index contributed by atoms with van der Waals surface area (Å²) in [5, 5.41) is 2.91. The Morgan fingerprint density at radius 1 is 1.10 bits per heavy atom. The molecule has 0 aliphatic heterocycles. The summed E-state index contributed by atoms with van der Waals surface area (Å²) in [5.41, 5.74) is 3.56. The van der Waals surface area contributed by atoms with Crippen molar-refractivity contribution in [1.82, 2.24) is 4.98 Å². The molecule has 1 heterocycles. The minimum atomic E-state index is -3.40. The Morgan fingerprint density at radius 2 is 1.90 bits per heavy atom. The zero-order valence-corrected chi connectivity index (χ0v) is 17.7. The number of aromatic nitrogens is 1. The van der Waals surface area contributed by atoms with Crippen LogP contribution in [0.2, 0.25) is 5.02 Å². The number of anilines is 1. The first-order valence-electron chi connectivity index (χ1n) is 9.17. The number of halogens is 1. The van der Waals surface area contributed by atoms with Crippen molar-refractivity contribution in [2.75, 3.05) is 11.1 Å². The second-order valence-electron chi connectivity index (χ2n) is 6.66. The summed E-state index contributed by atoms with van der Waals surface area (Å²) in [7, 11) is -3.40. The highest BCUT2D eigenvalue weighted by Gasteiger charge is 2.18. The number of nitrogens with zero attached hydrogens (tertiary/aromatic N) is 1. The molecule has 0 saturated carbocycles. The molecule has 0 aliphatic rings. The molecule has 3 aromatic rings. The zero-order chi connectivity index (χ0) is 21.0. The summed E-state index contributed by atoms with van der Waals surface area (Å²) in [5.74, 6) is -0.376. The summed E-state index contributed by atoms with van der Waals surface area (Å²) in [6.45, 7) is 3.77. The van der Waals surface area contributed by atoms with Crippen molar-refractivity contribution in [3.63, 3.8) is 0 Å². The van der Waals surface area contributed by atoms with Crippen LogP contribution in [0.4, 0.5) is 5.69 Å². The normalized spacial score (nSPS) is 11.3. The van der Waals surface area contributed by atoms with Crippen LogP contribution in [-0.4, -0.2) is 25.1 Å². The topological polar surface area (TPSA) is 76.1 Å². The van der Waals surface area contributed by atoms with E-state index in [1.54, 1.807) is 19.2 Å². The van der Waals surface area contributed by atoms with Crippen LogP contribution >= 0.6 is 11.6 Å². The van der Waals surface area contributed by atoms with Crippen LogP contribution in [0, 0.1) is 6.92 Å². The molecule has 0 saturated heterocycles. The van der Waals surface area contributed by atoms with Crippen LogP contribution < -0.4 is 5.32 Å². The first kappa shape index (κ1) is 21.0. The molecule has 150 valence electrons. The lowest BCUT2D eigenvalue weighted by Crippen LogP contribution is -2.13. The van der Waals surface area contributed by atoms with Gasteiger partial charge in [0.2, 0.25) is 0 Å². The van der Waals surface area contributed by atoms with E-state index in [2.05, 4.69) is 10.3 Å². The van der Waals surface area contributed by atoms with Gasteiger partial charge in [-0.2, -0.15) is 0 Å². The predicted molar refractivity (Wildman–Crippen MR) is 116 cm³/mol. The Balaban J connectivity index is 1.86. The van der Waals surface area contributed by atoms with Crippen molar-refractivity contribution in [3.8, 4) is 11.3 Å². The van der Waals surface area contributed by atoms with E-state index in [1.807, 2.05) is 37.3 Å². The number of hydrogen-bond donors (Lipinski definition) is 1. The van der Waals surface area contributed by atoms with Crippen molar-refractivity contribution < 1.29 is 13.2 Å². The first-order valence-corrected chi connectivity index (χ1v) is 11.2. The van der Waals surface area contributed by atoms with Crippen molar-refractivity contribution in [2.45, 2.75) is 25.2 Å². The molecule has 7 heteroatoms. The van der Waals surface area contributed by atoms with E-state index in [4.69, 9.17) is 11.6 Å². The van der Waals surface area contributed by atoms with Gasteiger partial charge in [-0.05, 0) is 61.4 Å². The number of carbonyl (C=O) groups excluding carboxylic acids is 1. The van der Waals surface area contributed by atoms with Gasteiger partial charge in [0, 0.05) is 17.4 Å². The standard InChI is InChI=1S/C22H21ClN2O3S/c1-3-12-29(27,28)17-9-10-18(20(23)14-17)22(26)25-16-8-7-15(2)19(13-16)21-6-4-5-11-24-21/h4-11,13-14H,3,12H2,1-2H3,(H,25,26). The molecule has 29 heavy (non-hydrogen) atoms. The summed E-state index contributed by atoms with van der Waals surface area (Å²) in [6, 6.07) is 15.4.